The van der Waals surface area contributed by atoms with E-state index in [2.05, 4.69) is 14.9 Å². The number of benzene rings is 1. The lowest BCUT2D eigenvalue weighted by molar-refractivity contribution is -0.383. The number of nitro groups is 1. The van der Waals surface area contributed by atoms with Crippen molar-refractivity contribution in [2.24, 2.45) is 0 Å². The minimum Gasteiger partial charge on any atom is -0.281 e. The topological polar surface area (TPSA) is 118 Å². The molecule has 0 aliphatic heterocycles. The summed E-state index contributed by atoms with van der Waals surface area (Å²) in [6.45, 7) is 1.53. The van der Waals surface area contributed by atoms with Crippen LogP contribution in [-0.2, 0) is 10.0 Å². The Morgan fingerprint density at radius 1 is 1.45 bits per heavy atom. The summed E-state index contributed by atoms with van der Waals surface area (Å²) in [4.78, 5) is 10.1. The van der Waals surface area contributed by atoms with Crippen LogP contribution in [0.2, 0.25) is 5.02 Å². The molecule has 0 radical (unpaired) electrons. The van der Waals surface area contributed by atoms with E-state index in [1.807, 2.05) is 0 Å². The van der Waals surface area contributed by atoms with Crippen LogP contribution in [0.3, 0.4) is 0 Å². The molecule has 2 N–H and O–H groups in total. The van der Waals surface area contributed by atoms with E-state index in [9.17, 15) is 18.5 Å². The quantitative estimate of drug-likeness (QED) is 0.661. The van der Waals surface area contributed by atoms with Crippen molar-refractivity contribution in [2.75, 3.05) is 4.72 Å². The second-order valence-corrected chi connectivity index (χ2v) is 5.97. The highest BCUT2D eigenvalue weighted by Crippen LogP contribution is 2.29. The largest absolute Gasteiger partial charge is 0.294 e. The number of aromatic amines is 1. The van der Waals surface area contributed by atoms with Gasteiger partial charge in [-0.15, -0.1) is 0 Å². The van der Waals surface area contributed by atoms with Gasteiger partial charge < -0.3 is 0 Å². The molecule has 0 amide bonds. The van der Waals surface area contributed by atoms with Crippen LogP contribution in [0, 0.1) is 17.0 Å². The molecular weight excluding hydrogens is 308 g/mol. The maximum atomic E-state index is 12.1. The van der Waals surface area contributed by atoms with Crippen LogP contribution in [0.5, 0.6) is 0 Å². The fraction of sp³-hybridized carbons (Fsp3) is 0.100. The van der Waals surface area contributed by atoms with Crippen LogP contribution in [0.1, 0.15) is 5.69 Å². The lowest BCUT2D eigenvalue weighted by Crippen LogP contribution is -2.14. The summed E-state index contributed by atoms with van der Waals surface area (Å²) in [7, 11) is -3.96. The third-order valence-corrected chi connectivity index (χ3v) is 4.19. The first-order valence-corrected chi connectivity index (χ1v) is 7.14. The summed E-state index contributed by atoms with van der Waals surface area (Å²) in [6, 6.07) is 3.66. The van der Waals surface area contributed by atoms with Gasteiger partial charge in [-0.3, -0.25) is 19.9 Å². The highest BCUT2D eigenvalue weighted by molar-refractivity contribution is 7.92. The van der Waals surface area contributed by atoms with E-state index in [0.717, 1.165) is 12.3 Å². The number of nitrogens with zero attached hydrogens (tertiary/aromatic N) is 2. The Hall–Kier alpha value is -2.13. The van der Waals surface area contributed by atoms with Gasteiger partial charge in [-0.05, 0) is 19.1 Å². The number of anilines is 1. The summed E-state index contributed by atoms with van der Waals surface area (Å²) >= 11 is 5.66. The molecule has 106 valence electrons. The fourth-order valence-corrected chi connectivity index (χ4v) is 2.93. The lowest BCUT2D eigenvalue weighted by Gasteiger charge is -2.07. The van der Waals surface area contributed by atoms with E-state index in [0.29, 0.717) is 5.69 Å². The molecule has 0 atom stereocenters. The Morgan fingerprint density at radius 2 is 2.15 bits per heavy atom. The molecule has 0 spiro atoms. The van der Waals surface area contributed by atoms with Crippen molar-refractivity contribution >= 4 is 33.0 Å². The summed E-state index contributed by atoms with van der Waals surface area (Å²) in [5.74, 6) is 0. The predicted molar refractivity (Wildman–Crippen MR) is 72.2 cm³/mol. The number of aryl methyl sites for hydroxylation is 1. The molecule has 10 heteroatoms. The summed E-state index contributed by atoms with van der Waals surface area (Å²) in [5, 5.41) is 17.1. The molecule has 0 aliphatic rings. The molecule has 0 aliphatic carbocycles. The highest BCUT2D eigenvalue weighted by atomic mass is 35.5. The fourth-order valence-electron chi connectivity index (χ4n) is 1.55. The van der Waals surface area contributed by atoms with Crippen LogP contribution < -0.4 is 4.72 Å². The number of nitrogens with one attached hydrogen (secondary N) is 2. The first kappa shape index (κ1) is 14.3. The van der Waals surface area contributed by atoms with Crippen LogP contribution in [0.4, 0.5) is 11.4 Å². The molecule has 1 aromatic carbocycles. The van der Waals surface area contributed by atoms with Crippen molar-refractivity contribution in [3.05, 3.63) is 45.2 Å². The van der Waals surface area contributed by atoms with Crippen molar-refractivity contribution in [1.82, 2.24) is 10.2 Å². The smallest absolute Gasteiger partial charge is 0.281 e. The Kier molecular flexibility index (Phi) is 3.64. The minimum atomic E-state index is -3.96. The van der Waals surface area contributed by atoms with Gasteiger partial charge >= 0.3 is 0 Å². The monoisotopic (exact) mass is 316 g/mol. The van der Waals surface area contributed by atoms with Crippen molar-refractivity contribution in [1.29, 1.82) is 0 Å². The number of hydrogen-bond donors (Lipinski definition) is 2. The van der Waals surface area contributed by atoms with Gasteiger partial charge in [0.15, 0.2) is 0 Å². The first-order chi connectivity index (χ1) is 9.31. The zero-order chi connectivity index (χ0) is 14.9. The van der Waals surface area contributed by atoms with Crippen molar-refractivity contribution in [3.63, 3.8) is 0 Å². The van der Waals surface area contributed by atoms with Crippen LogP contribution >= 0.6 is 11.6 Å². The van der Waals surface area contributed by atoms with Gasteiger partial charge in [0.2, 0.25) is 0 Å². The average Bonchev–Trinajstić information content (AvgIpc) is 2.78. The van der Waals surface area contributed by atoms with Crippen LogP contribution in [-0.4, -0.2) is 23.5 Å². The van der Waals surface area contributed by atoms with Gasteiger partial charge in [0.1, 0.15) is 10.6 Å². The second kappa shape index (κ2) is 5.10. The molecule has 0 unspecified atom stereocenters. The van der Waals surface area contributed by atoms with Crippen LogP contribution in [0.15, 0.2) is 29.3 Å². The molecule has 0 saturated carbocycles. The highest BCUT2D eigenvalue weighted by Gasteiger charge is 2.23. The normalized spacial score (nSPS) is 11.3. The standard InChI is InChI=1S/C10H9ClN4O4S/c1-6-10(5-12-13-6)20(18,19)14-8-3-2-7(11)4-9(8)15(16)17/h2-5,14H,1H3,(H,12,13). The number of halogens is 1. The zero-order valence-electron chi connectivity index (χ0n) is 10.1. The SMILES string of the molecule is Cc1[nH]ncc1S(=O)(=O)Nc1ccc(Cl)cc1[N+](=O)[O-]. The molecule has 1 heterocycles. The van der Waals surface area contributed by atoms with Crippen LogP contribution in [0.25, 0.3) is 0 Å². The molecule has 1 aromatic heterocycles. The number of rotatable bonds is 4. The molecule has 8 nitrogen and oxygen atoms in total. The lowest BCUT2D eigenvalue weighted by atomic mass is 10.3. The predicted octanol–water partition coefficient (Wildman–Crippen LogP) is 2.08. The van der Waals surface area contributed by atoms with E-state index in [4.69, 9.17) is 11.6 Å². The summed E-state index contributed by atoms with van der Waals surface area (Å²) < 4.78 is 26.4. The Morgan fingerprint density at radius 3 is 2.70 bits per heavy atom. The van der Waals surface area contributed by atoms with Gasteiger partial charge in [0, 0.05) is 11.1 Å². The van der Waals surface area contributed by atoms with E-state index in [1.54, 1.807) is 0 Å². The molecule has 2 rings (SSSR count). The van der Waals surface area contributed by atoms with Crippen molar-refractivity contribution < 1.29 is 13.3 Å². The molecule has 0 saturated heterocycles. The Labute approximate surface area is 119 Å². The van der Waals surface area contributed by atoms with E-state index >= 15 is 0 Å². The van der Waals surface area contributed by atoms with Crippen molar-refractivity contribution in [2.45, 2.75) is 11.8 Å². The van der Waals surface area contributed by atoms with Gasteiger partial charge in [-0.25, -0.2) is 8.42 Å². The number of nitro benzene ring substituents is 1. The average molecular weight is 317 g/mol. The summed E-state index contributed by atoms with van der Waals surface area (Å²) in [6.07, 6.45) is 1.12. The summed E-state index contributed by atoms with van der Waals surface area (Å²) in [5.41, 5.74) is -0.267. The zero-order valence-corrected chi connectivity index (χ0v) is 11.7. The first-order valence-electron chi connectivity index (χ1n) is 5.28. The number of hydrogen-bond acceptors (Lipinski definition) is 5. The molecule has 2 aromatic rings. The Bertz CT molecular complexity index is 771. The van der Waals surface area contributed by atoms with Gasteiger partial charge in [0.05, 0.1) is 16.8 Å². The van der Waals surface area contributed by atoms with Gasteiger partial charge in [-0.2, -0.15) is 5.10 Å². The molecule has 20 heavy (non-hydrogen) atoms. The van der Waals surface area contributed by atoms with Gasteiger partial charge in [0.25, 0.3) is 15.7 Å². The molecule has 0 bridgehead atoms. The van der Waals surface area contributed by atoms with Gasteiger partial charge in [-0.1, -0.05) is 11.6 Å². The third kappa shape index (κ3) is 2.73. The van der Waals surface area contributed by atoms with Crippen molar-refractivity contribution in [3.8, 4) is 0 Å². The maximum absolute atomic E-state index is 12.1. The third-order valence-electron chi connectivity index (χ3n) is 2.47. The number of aromatic nitrogens is 2. The number of sulfonamides is 1. The number of H-pyrrole nitrogens is 1. The molecular formula is C10H9ClN4O4S. The Balaban J connectivity index is 2.45. The maximum Gasteiger partial charge on any atom is 0.294 e. The van der Waals surface area contributed by atoms with E-state index < -0.39 is 20.6 Å². The molecule has 0 fully saturated rings. The minimum absolute atomic E-state index is 0.0817. The second-order valence-electron chi connectivity index (χ2n) is 3.88. The van der Waals surface area contributed by atoms with E-state index in [-0.39, 0.29) is 15.6 Å². The van der Waals surface area contributed by atoms with E-state index in [1.165, 1.54) is 19.1 Å².